The van der Waals surface area contributed by atoms with Crippen molar-refractivity contribution in [3.8, 4) is 0 Å². The molecule has 0 aliphatic rings. The van der Waals surface area contributed by atoms with E-state index in [1.807, 2.05) is 51.1 Å². The summed E-state index contributed by atoms with van der Waals surface area (Å²) in [5, 5.41) is 4.00. The first-order valence-electron chi connectivity index (χ1n) is 14.7. The zero-order valence-electron chi connectivity index (χ0n) is 26.0. The van der Waals surface area contributed by atoms with Gasteiger partial charge in [0.2, 0.25) is 11.8 Å². The van der Waals surface area contributed by atoms with Crippen molar-refractivity contribution in [3.63, 3.8) is 0 Å². The third-order valence-corrected chi connectivity index (χ3v) is 10.2. The molecule has 0 saturated heterocycles. The Bertz CT molecular complexity index is 1800. The largest absolute Gasteiger partial charge is 0.352 e. The average molecular weight is 701 g/mol. The Balaban J connectivity index is 1.86. The van der Waals surface area contributed by atoms with Gasteiger partial charge in [-0.15, -0.1) is 0 Å². The van der Waals surface area contributed by atoms with Crippen LogP contribution in [0.4, 0.5) is 5.69 Å². The Hall–Kier alpha value is -3.56. The number of benzene rings is 4. The van der Waals surface area contributed by atoms with Gasteiger partial charge in [-0.25, -0.2) is 8.42 Å². The number of nitrogens with one attached hydrogen (secondary N) is 1. The van der Waals surface area contributed by atoms with E-state index in [0.717, 1.165) is 15.4 Å². The normalized spacial score (nSPS) is 12.1. The van der Waals surface area contributed by atoms with Gasteiger partial charge < -0.3 is 10.2 Å². The molecule has 0 bridgehead atoms. The molecule has 0 fully saturated rings. The first-order chi connectivity index (χ1) is 21.8. The fraction of sp³-hybridized carbons (Fsp3) is 0.257. The minimum absolute atomic E-state index is 0.0101. The molecule has 4 aromatic carbocycles. The molecule has 1 N–H and O–H groups in total. The Kier molecular flexibility index (Phi) is 11.8. The number of carbonyl (C=O) groups is 2. The lowest BCUT2D eigenvalue weighted by molar-refractivity contribution is -0.140. The minimum Gasteiger partial charge on any atom is -0.352 e. The molecule has 0 aromatic heterocycles. The van der Waals surface area contributed by atoms with Gasteiger partial charge in [0.15, 0.2) is 0 Å². The SMILES string of the molecule is Cc1ccc(S(=O)(=O)N(CC(=O)N(Cc2ccc(Cl)cc2Cl)C(Cc2ccccc2)C(=O)NC(C)C)c2cccc(Cl)c2C)cc1. The first kappa shape index (κ1) is 35.3. The van der Waals surface area contributed by atoms with Crippen molar-refractivity contribution >= 4 is 62.3 Å². The lowest BCUT2D eigenvalue weighted by Crippen LogP contribution is -2.54. The van der Waals surface area contributed by atoms with Gasteiger partial charge in [0, 0.05) is 34.1 Å². The second-order valence-electron chi connectivity index (χ2n) is 11.3. The zero-order chi connectivity index (χ0) is 33.6. The predicted molar refractivity (Wildman–Crippen MR) is 186 cm³/mol. The summed E-state index contributed by atoms with van der Waals surface area (Å²) >= 11 is 19.2. The number of halogens is 3. The van der Waals surface area contributed by atoms with Crippen molar-refractivity contribution < 1.29 is 18.0 Å². The molecule has 46 heavy (non-hydrogen) atoms. The van der Waals surface area contributed by atoms with Crippen molar-refractivity contribution in [2.45, 2.75) is 57.6 Å². The summed E-state index contributed by atoms with van der Waals surface area (Å²) in [5.41, 5.74) is 2.98. The van der Waals surface area contributed by atoms with Crippen molar-refractivity contribution in [3.05, 3.63) is 128 Å². The maximum Gasteiger partial charge on any atom is 0.264 e. The highest BCUT2D eigenvalue weighted by Crippen LogP contribution is 2.32. The zero-order valence-corrected chi connectivity index (χ0v) is 29.1. The molecule has 2 amide bonds. The topological polar surface area (TPSA) is 86.8 Å². The number of rotatable bonds is 12. The van der Waals surface area contributed by atoms with E-state index >= 15 is 0 Å². The lowest BCUT2D eigenvalue weighted by Gasteiger charge is -2.34. The van der Waals surface area contributed by atoms with Crippen LogP contribution in [0.3, 0.4) is 0 Å². The Morgan fingerprint density at radius 2 is 1.50 bits per heavy atom. The quantitative estimate of drug-likeness (QED) is 0.165. The van der Waals surface area contributed by atoms with E-state index in [9.17, 15) is 18.0 Å². The molecule has 1 atom stereocenters. The van der Waals surface area contributed by atoms with E-state index in [0.29, 0.717) is 26.2 Å². The van der Waals surface area contributed by atoms with E-state index in [2.05, 4.69) is 5.32 Å². The van der Waals surface area contributed by atoms with Crippen LogP contribution in [-0.4, -0.2) is 43.8 Å². The maximum absolute atomic E-state index is 14.6. The molecule has 0 saturated carbocycles. The predicted octanol–water partition coefficient (Wildman–Crippen LogP) is 7.62. The minimum atomic E-state index is -4.27. The molecule has 4 rings (SSSR count). The van der Waals surface area contributed by atoms with Crippen LogP contribution in [0.2, 0.25) is 15.1 Å². The summed E-state index contributed by atoms with van der Waals surface area (Å²) in [6.07, 6.45) is 0.178. The maximum atomic E-state index is 14.6. The molecular formula is C35H36Cl3N3O4S. The Labute approximate surface area is 286 Å². The van der Waals surface area contributed by atoms with Crippen LogP contribution in [0.1, 0.15) is 36.1 Å². The van der Waals surface area contributed by atoms with Gasteiger partial charge in [0.25, 0.3) is 10.0 Å². The molecule has 7 nitrogen and oxygen atoms in total. The van der Waals surface area contributed by atoms with Crippen molar-refractivity contribution in [1.82, 2.24) is 10.2 Å². The number of anilines is 1. The summed E-state index contributed by atoms with van der Waals surface area (Å²) in [4.78, 5) is 29.8. The van der Waals surface area contributed by atoms with E-state index in [4.69, 9.17) is 34.8 Å². The van der Waals surface area contributed by atoms with Crippen LogP contribution in [0.5, 0.6) is 0 Å². The van der Waals surface area contributed by atoms with Crippen LogP contribution < -0.4 is 9.62 Å². The van der Waals surface area contributed by atoms with Gasteiger partial charge >= 0.3 is 0 Å². The highest BCUT2D eigenvalue weighted by molar-refractivity contribution is 7.92. The van der Waals surface area contributed by atoms with E-state index in [-0.39, 0.29) is 35.5 Å². The van der Waals surface area contributed by atoms with Crippen LogP contribution in [-0.2, 0) is 32.6 Å². The van der Waals surface area contributed by atoms with Gasteiger partial charge in [-0.2, -0.15) is 0 Å². The molecule has 4 aromatic rings. The summed E-state index contributed by atoms with van der Waals surface area (Å²) in [6.45, 7) is 6.52. The fourth-order valence-corrected chi connectivity index (χ4v) is 7.09. The summed E-state index contributed by atoms with van der Waals surface area (Å²) in [5.74, 6) is -0.995. The molecule has 0 aliphatic carbocycles. The number of hydrogen-bond donors (Lipinski definition) is 1. The molecule has 0 aliphatic heterocycles. The van der Waals surface area contributed by atoms with E-state index < -0.39 is 28.5 Å². The third kappa shape index (κ3) is 8.62. The molecule has 11 heteroatoms. The number of nitrogens with zero attached hydrogens (tertiary/aromatic N) is 2. The van der Waals surface area contributed by atoms with Crippen molar-refractivity contribution in [1.29, 1.82) is 0 Å². The third-order valence-electron chi connectivity index (χ3n) is 7.45. The number of carbonyl (C=O) groups excluding carboxylic acids is 2. The van der Waals surface area contributed by atoms with E-state index in [1.54, 1.807) is 55.5 Å². The number of hydrogen-bond acceptors (Lipinski definition) is 4. The van der Waals surface area contributed by atoms with Crippen LogP contribution >= 0.6 is 34.8 Å². The van der Waals surface area contributed by atoms with Gasteiger partial charge in [-0.1, -0.05) is 95.0 Å². The molecule has 0 heterocycles. The molecule has 0 radical (unpaired) electrons. The standard InChI is InChI=1S/C35H36Cl3N3O4S/c1-23(2)39-35(43)33(19-26-9-6-5-7-10-26)40(21-27-15-16-28(36)20-31(27)38)34(42)22-41(32-12-8-11-30(37)25(32)4)46(44,45)29-17-13-24(3)14-18-29/h5-18,20,23,33H,19,21-22H2,1-4H3,(H,39,43). The second-order valence-corrected chi connectivity index (χ2v) is 14.4. The van der Waals surface area contributed by atoms with Crippen LogP contribution in [0, 0.1) is 13.8 Å². The second kappa shape index (κ2) is 15.4. The summed E-state index contributed by atoms with van der Waals surface area (Å²) in [6, 6.07) is 24.3. The molecule has 1 unspecified atom stereocenters. The average Bonchev–Trinajstić information content (AvgIpc) is 3.00. The number of amides is 2. The monoisotopic (exact) mass is 699 g/mol. The van der Waals surface area contributed by atoms with Crippen LogP contribution in [0.25, 0.3) is 0 Å². The van der Waals surface area contributed by atoms with Crippen molar-refractivity contribution in [2.75, 3.05) is 10.8 Å². The molecular weight excluding hydrogens is 665 g/mol. The Morgan fingerprint density at radius 1 is 0.826 bits per heavy atom. The van der Waals surface area contributed by atoms with Gasteiger partial charge in [0.1, 0.15) is 12.6 Å². The number of aryl methyl sites for hydroxylation is 1. The van der Waals surface area contributed by atoms with Gasteiger partial charge in [-0.3, -0.25) is 13.9 Å². The highest BCUT2D eigenvalue weighted by atomic mass is 35.5. The van der Waals surface area contributed by atoms with Crippen molar-refractivity contribution in [2.24, 2.45) is 0 Å². The Morgan fingerprint density at radius 3 is 2.13 bits per heavy atom. The van der Waals surface area contributed by atoms with Crippen LogP contribution in [0.15, 0.2) is 95.9 Å². The highest BCUT2D eigenvalue weighted by Gasteiger charge is 2.35. The van der Waals surface area contributed by atoms with E-state index in [1.165, 1.54) is 17.0 Å². The lowest BCUT2D eigenvalue weighted by atomic mass is 10.0. The number of sulfonamides is 1. The first-order valence-corrected chi connectivity index (χ1v) is 17.3. The summed E-state index contributed by atoms with van der Waals surface area (Å²) in [7, 11) is -4.27. The molecule has 242 valence electrons. The summed E-state index contributed by atoms with van der Waals surface area (Å²) < 4.78 is 29.6. The fourth-order valence-electron chi connectivity index (χ4n) is 4.99. The van der Waals surface area contributed by atoms with Gasteiger partial charge in [0.05, 0.1) is 10.6 Å². The molecule has 0 spiro atoms. The van der Waals surface area contributed by atoms with Gasteiger partial charge in [-0.05, 0) is 80.8 Å². The smallest absolute Gasteiger partial charge is 0.264 e.